The lowest BCUT2D eigenvalue weighted by molar-refractivity contribution is -0.146. The summed E-state index contributed by atoms with van der Waals surface area (Å²) in [5.74, 6) is 0.124. The van der Waals surface area contributed by atoms with Crippen molar-refractivity contribution in [2.75, 3.05) is 21.2 Å². The van der Waals surface area contributed by atoms with Crippen molar-refractivity contribution in [2.24, 2.45) is 5.92 Å². The van der Waals surface area contributed by atoms with Gasteiger partial charge in [-0.1, -0.05) is 0 Å². The number of hydrogen-bond acceptors (Lipinski definition) is 3. The zero-order valence-corrected chi connectivity index (χ0v) is 8.75. The van der Waals surface area contributed by atoms with Gasteiger partial charge in [0.25, 0.3) is 0 Å². The fourth-order valence-electron chi connectivity index (χ4n) is 1.99. The molecule has 0 N–H and O–H groups in total. The lowest BCUT2D eigenvalue weighted by atomic mass is 9.86. The minimum atomic E-state index is -0.0304. The molecule has 0 amide bonds. The van der Waals surface area contributed by atoms with E-state index >= 15 is 0 Å². The Hall–Kier alpha value is -0.570. The standard InChI is InChI=1S/C10H19NO2/c1-11(2)9-6-4-8(5-7-9)10(12)13-3/h8-9H,4-7H2,1-3H3/t8-,9-. The van der Waals surface area contributed by atoms with Crippen LogP contribution in [0.4, 0.5) is 0 Å². The van der Waals surface area contributed by atoms with E-state index in [0.717, 1.165) is 25.7 Å². The molecule has 1 fully saturated rings. The Morgan fingerprint density at radius 2 is 1.77 bits per heavy atom. The van der Waals surface area contributed by atoms with Gasteiger partial charge in [-0.05, 0) is 39.8 Å². The van der Waals surface area contributed by atoms with Crippen molar-refractivity contribution in [3.8, 4) is 0 Å². The molecule has 3 heteroatoms. The summed E-state index contributed by atoms with van der Waals surface area (Å²) in [5, 5.41) is 0. The van der Waals surface area contributed by atoms with Crippen molar-refractivity contribution in [3.63, 3.8) is 0 Å². The van der Waals surface area contributed by atoms with Gasteiger partial charge in [-0.2, -0.15) is 0 Å². The SMILES string of the molecule is COC(=O)[C@H]1CC[C@H](N(C)C)CC1. The molecule has 0 aliphatic heterocycles. The molecule has 0 aromatic heterocycles. The molecule has 0 spiro atoms. The van der Waals surface area contributed by atoms with Crippen molar-refractivity contribution in [3.05, 3.63) is 0 Å². The number of carbonyl (C=O) groups excluding carboxylic acids is 1. The number of carbonyl (C=O) groups is 1. The third-order valence-corrected chi connectivity index (χ3v) is 2.96. The number of hydrogen-bond donors (Lipinski definition) is 0. The molecule has 3 nitrogen and oxygen atoms in total. The molecule has 1 saturated carbocycles. The van der Waals surface area contributed by atoms with Crippen LogP contribution in [0, 0.1) is 5.92 Å². The molecular weight excluding hydrogens is 166 g/mol. The Balaban J connectivity index is 2.34. The molecule has 0 atom stereocenters. The highest BCUT2D eigenvalue weighted by Gasteiger charge is 2.27. The normalized spacial score (nSPS) is 28.9. The number of esters is 1. The third kappa shape index (κ3) is 2.69. The number of ether oxygens (including phenoxy) is 1. The Labute approximate surface area is 80.1 Å². The molecule has 1 aliphatic carbocycles. The minimum absolute atomic E-state index is 0.0304. The van der Waals surface area contributed by atoms with Gasteiger partial charge in [-0.15, -0.1) is 0 Å². The Bertz CT molecular complexity index is 172. The average Bonchev–Trinajstić information content (AvgIpc) is 2.17. The summed E-state index contributed by atoms with van der Waals surface area (Å²) in [6.07, 6.45) is 4.20. The molecule has 76 valence electrons. The van der Waals surface area contributed by atoms with Crippen molar-refractivity contribution < 1.29 is 9.53 Å². The summed E-state index contributed by atoms with van der Waals surface area (Å²) in [4.78, 5) is 13.5. The van der Waals surface area contributed by atoms with Crippen LogP contribution in [0.3, 0.4) is 0 Å². The van der Waals surface area contributed by atoms with Gasteiger partial charge >= 0.3 is 5.97 Å². The van der Waals surface area contributed by atoms with E-state index in [2.05, 4.69) is 19.0 Å². The van der Waals surface area contributed by atoms with Gasteiger partial charge in [0.2, 0.25) is 0 Å². The van der Waals surface area contributed by atoms with Crippen molar-refractivity contribution in [1.29, 1.82) is 0 Å². The van der Waals surface area contributed by atoms with E-state index in [1.54, 1.807) is 0 Å². The Morgan fingerprint density at radius 1 is 1.23 bits per heavy atom. The van der Waals surface area contributed by atoms with Crippen LogP contribution in [0.15, 0.2) is 0 Å². The van der Waals surface area contributed by atoms with Gasteiger partial charge in [-0.3, -0.25) is 4.79 Å². The molecule has 0 aromatic carbocycles. The highest BCUT2D eigenvalue weighted by atomic mass is 16.5. The van der Waals surface area contributed by atoms with Crippen LogP contribution in [-0.2, 0) is 9.53 Å². The second kappa shape index (κ2) is 4.61. The van der Waals surface area contributed by atoms with Crippen LogP contribution < -0.4 is 0 Å². The van der Waals surface area contributed by atoms with E-state index in [-0.39, 0.29) is 11.9 Å². The van der Waals surface area contributed by atoms with Gasteiger partial charge in [0.05, 0.1) is 13.0 Å². The molecule has 0 saturated heterocycles. The monoisotopic (exact) mass is 185 g/mol. The lowest BCUT2D eigenvalue weighted by Gasteiger charge is -2.31. The quantitative estimate of drug-likeness (QED) is 0.607. The first-order valence-corrected chi connectivity index (χ1v) is 4.89. The highest BCUT2D eigenvalue weighted by Crippen LogP contribution is 2.27. The molecular formula is C10H19NO2. The zero-order chi connectivity index (χ0) is 9.84. The second-order valence-corrected chi connectivity index (χ2v) is 3.99. The molecule has 0 aromatic rings. The molecule has 13 heavy (non-hydrogen) atoms. The van der Waals surface area contributed by atoms with E-state index < -0.39 is 0 Å². The smallest absolute Gasteiger partial charge is 0.308 e. The first kappa shape index (κ1) is 10.5. The van der Waals surface area contributed by atoms with Crippen molar-refractivity contribution >= 4 is 5.97 Å². The summed E-state index contributed by atoms with van der Waals surface area (Å²) < 4.78 is 4.73. The van der Waals surface area contributed by atoms with Crippen molar-refractivity contribution in [2.45, 2.75) is 31.7 Å². The highest BCUT2D eigenvalue weighted by molar-refractivity contribution is 5.72. The van der Waals surface area contributed by atoms with Crippen LogP contribution in [-0.4, -0.2) is 38.1 Å². The topological polar surface area (TPSA) is 29.5 Å². The Kier molecular flexibility index (Phi) is 3.72. The van der Waals surface area contributed by atoms with Gasteiger partial charge < -0.3 is 9.64 Å². The van der Waals surface area contributed by atoms with E-state index in [4.69, 9.17) is 4.74 Å². The largest absolute Gasteiger partial charge is 0.469 e. The maximum atomic E-state index is 11.2. The maximum absolute atomic E-state index is 11.2. The summed E-state index contributed by atoms with van der Waals surface area (Å²) in [6, 6.07) is 0.654. The van der Waals surface area contributed by atoms with Gasteiger partial charge in [0, 0.05) is 6.04 Å². The first-order chi connectivity index (χ1) is 6.15. The summed E-state index contributed by atoms with van der Waals surface area (Å²) in [6.45, 7) is 0. The lowest BCUT2D eigenvalue weighted by Crippen LogP contribution is -2.34. The van der Waals surface area contributed by atoms with E-state index in [1.165, 1.54) is 7.11 Å². The molecule has 1 rings (SSSR count). The predicted molar refractivity (Wildman–Crippen MR) is 51.4 cm³/mol. The third-order valence-electron chi connectivity index (χ3n) is 2.96. The van der Waals surface area contributed by atoms with Crippen LogP contribution in [0.25, 0.3) is 0 Å². The fraction of sp³-hybridized carbons (Fsp3) is 0.900. The van der Waals surface area contributed by atoms with Gasteiger partial charge in [0.1, 0.15) is 0 Å². The van der Waals surface area contributed by atoms with Crippen molar-refractivity contribution in [1.82, 2.24) is 4.90 Å². The predicted octanol–water partition coefficient (Wildman–Crippen LogP) is 1.28. The van der Waals surface area contributed by atoms with Crippen LogP contribution in [0.5, 0.6) is 0 Å². The second-order valence-electron chi connectivity index (χ2n) is 3.99. The number of rotatable bonds is 2. The van der Waals surface area contributed by atoms with Crippen LogP contribution in [0.1, 0.15) is 25.7 Å². The van der Waals surface area contributed by atoms with E-state index in [9.17, 15) is 4.79 Å². The molecule has 0 unspecified atom stereocenters. The Morgan fingerprint density at radius 3 is 2.15 bits per heavy atom. The van der Waals surface area contributed by atoms with E-state index in [1.807, 2.05) is 0 Å². The van der Waals surface area contributed by atoms with Crippen LogP contribution >= 0.6 is 0 Å². The van der Waals surface area contributed by atoms with Crippen LogP contribution in [0.2, 0.25) is 0 Å². The molecule has 1 aliphatic rings. The molecule has 0 heterocycles. The summed E-state index contributed by atoms with van der Waals surface area (Å²) in [7, 11) is 5.67. The minimum Gasteiger partial charge on any atom is -0.469 e. The van der Waals surface area contributed by atoms with E-state index in [0.29, 0.717) is 6.04 Å². The summed E-state index contributed by atoms with van der Waals surface area (Å²) >= 11 is 0. The average molecular weight is 185 g/mol. The first-order valence-electron chi connectivity index (χ1n) is 4.89. The van der Waals surface area contributed by atoms with Gasteiger partial charge in [-0.25, -0.2) is 0 Å². The number of methoxy groups -OCH3 is 1. The molecule has 0 radical (unpaired) electrons. The van der Waals surface area contributed by atoms with Gasteiger partial charge in [0.15, 0.2) is 0 Å². The fourth-order valence-corrected chi connectivity index (χ4v) is 1.99. The summed E-state index contributed by atoms with van der Waals surface area (Å²) in [5.41, 5.74) is 0. The zero-order valence-electron chi connectivity index (χ0n) is 8.75. The number of nitrogens with zero attached hydrogens (tertiary/aromatic N) is 1. The molecule has 0 bridgehead atoms. The maximum Gasteiger partial charge on any atom is 0.308 e.